The highest BCUT2D eigenvalue weighted by Crippen LogP contribution is 2.03. The van der Waals surface area contributed by atoms with Crippen LogP contribution in [0.5, 0.6) is 0 Å². The number of carboxylic acids is 3. The predicted octanol–water partition coefficient (Wildman–Crippen LogP) is -1.06. The first-order valence-electron chi connectivity index (χ1n) is 7.69. The van der Waals surface area contributed by atoms with Gasteiger partial charge < -0.3 is 20.2 Å². The zero-order valence-electron chi connectivity index (χ0n) is 13.2. The zero-order chi connectivity index (χ0) is 17.2. The smallest absolute Gasteiger partial charge is 0.317 e. The number of carboxylic acid groups (broad SMARTS) is 3. The van der Waals surface area contributed by atoms with Crippen LogP contribution in [0.4, 0.5) is 0 Å². The Balaban J connectivity index is 2.61. The van der Waals surface area contributed by atoms with Crippen LogP contribution in [-0.4, -0.2) is 107 Å². The Morgan fingerprint density at radius 3 is 1.39 bits per heavy atom. The molecule has 1 aliphatic rings. The first-order valence-corrected chi connectivity index (χ1v) is 7.69. The van der Waals surface area contributed by atoms with Crippen LogP contribution in [0.2, 0.25) is 0 Å². The monoisotopic (exact) mass is 331 g/mol. The van der Waals surface area contributed by atoms with Gasteiger partial charge >= 0.3 is 17.9 Å². The van der Waals surface area contributed by atoms with Crippen molar-refractivity contribution in [3.63, 3.8) is 0 Å². The van der Waals surface area contributed by atoms with Crippen LogP contribution in [-0.2, 0) is 14.4 Å². The molecule has 1 aliphatic heterocycles. The molecule has 0 amide bonds. The van der Waals surface area contributed by atoms with Gasteiger partial charge in [-0.3, -0.25) is 24.2 Å². The summed E-state index contributed by atoms with van der Waals surface area (Å²) in [6.45, 7) is 3.88. The van der Waals surface area contributed by atoms with Gasteiger partial charge in [0.1, 0.15) is 0 Å². The molecule has 1 fully saturated rings. The lowest BCUT2D eigenvalue weighted by molar-refractivity contribution is -0.140. The molecule has 3 N–H and O–H groups in total. The van der Waals surface area contributed by atoms with Crippen molar-refractivity contribution in [3.05, 3.63) is 0 Å². The number of aliphatic carboxylic acids is 3. The van der Waals surface area contributed by atoms with Crippen molar-refractivity contribution in [2.45, 2.75) is 12.8 Å². The van der Waals surface area contributed by atoms with E-state index in [9.17, 15) is 14.4 Å². The molecule has 9 heteroatoms. The minimum atomic E-state index is -0.911. The van der Waals surface area contributed by atoms with Gasteiger partial charge in [-0.05, 0) is 13.0 Å². The fourth-order valence-electron chi connectivity index (χ4n) is 2.56. The fraction of sp³-hybridized carbons (Fsp3) is 0.786. The van der Waals surface area contributed by atoms with Gasteiger partial charge in [0.15, 0.2) is 0 Å². The Morgan fingerprint density at radius 1 is 0.652 bits per heavy atom. The van der Waals surface area contributed by atoms with Crippen LogP contribution in [0.15, 0.2) is 0 Å². The molecule has 1 heterocycles. The summed E-state index contributed by atoms with van der Waals surface area (Å²) in [6, 6.07) is 0. The van der Waals surface area contributed by atoms with Gasteiger partial charge in [0, 0.05) is 45.7 Å². The third-order valence-corrected chi connectivity index (χ3v) is 3.78. The molecule has 132 valence electrons. The minimum Gasteiger partial charge on any atom is -0.481 e. The van der Waals surface area contributed by atoms with E-state index in [0.29, 0.717) is 52.2 Å². The van der Waals surface area contributed by atoms with Crippen LogP contribution in [0, 0.1) is 0 Å². The van der Waals surface area contributed by atoms with E-state index in [2.05, 4.69) is 4.90 Å². The third-order valence-electron chi connectivity index (χ3n) is 3.78. The lowest BCUT2D eigenvalue weighted by Gasteiger charge is -2.24. The summed E-state index contributed by atoms with van der Waals surface area (Å²) in [4.78, 5) is 38.1. The van der Waals surface area contributed by atoms with Gasteiger partial charge in [0.25, 0.3) is 0 Å². The third kappa shape index (κ3) is 9.11. The highest BCUT2D eigenvalue weighted by Gasteiger charge is 2.19. The van der Waals surface area contributed by atoms with Crippen molar-refractivity contribution in [3.8, 4) is 0 Å². The molecule has 23 heavy (non-hydrogen) atoms. The summed E-state index contributed by atoms with van der Waals surface area (Å²) in [5.41, 5.74) is 0. The number of nitrogens with zero attached hydrogens (tertiary/aromatic N) is 3. The number of carbonyl (C=O) groups is 3. The van der Waals surface area contributed by atoms with Gasteiger partial charge in [0.2, 0.25) is 0 Å². The molecule has 1 saturated heterocycles. The van der Waals surface area contributed by atoms with E-state index < -0.39 is 17.9 Å². The van der Waals surface area contributed by atoms with E-state index in [-0.39, 0.29) is 19.5 Å². The molecule has 0 atom stereocenters. The SMILES string of the molecule is O=C(O)CCCN1CCN(CC(=O)O)CCN(CC(=O)O)CC1. The highest BCUT2D eigenvalue weighted by atomic mass is 16.4. The topological polar surface area (TPSA) is 122 Å². The lowest BCUT2D eigenvalue weighted by Crippen LogP contribution is -2.40. The molecule has 0 saturated carbocycles. The van der Waals surface area contributed by atoms with Crippen LogP contribution in [0.25, 0.3) is 0 Å². The maximum Gasteiger partial charge on any atom is 0.317 e. The number of hydrogen-bond donors (Lipinski definition) is 3. The molecule has 0 unspecified atom stereocenters. The van der Waals surface area contributed by atoms with Crippen molar-refractivity contribution in [2.75, 3.05) is 58.9 Å². The molecule has 9 nitrogen and oxygen atoms in total. The average Bonchev–Trinajstić information content (AvgIpc) is 2.51. The number of rotatable bonds is 8. The van der Waals surface area contributed by atoms with Crippen LogP contribution in [0.3, 0.4) is 0 Å². The maximum atomic E-state index is 10.9. The molecule has 0 aliphatic carbocycles. The molecule has 0 bridgehead atoms. The first-order chi connectivity index (χ1) is 10.9. The fourth-order valence-corrected chi connectivity index (χ4v) is 2.56. The molecule has 0 aromatic heterocycles. The van der Waals surface area contributed by atoms with E-state index in [0.717, 1.165) is 0 Å². The molecule has 0 aromatic carbocycles. The van der Waals surface area contributed by atoms with Crippen LogP contribution >= 0.6 is 0 Å². The second-order valence-corrected chi connectivity index (χ2v) is 5.68. The summed E-state index contributed by atoms with van der Waals surface area (Å²) >= 11 is 0. The largest absolute Gasteiger partial charge is 0.481 e. The highest BCUT2D eigenvalue weighted by molar-refractivity contribution is 5.69. The normalized spacial score (nSPS) is 18.8. The van der Waals surface area contributed by atoms with E-state index in [4.69, 9.17) is 15.3 Å². The molecule has 0 aromatic rings. The van der Waals surface area contributed by atoms with Crippen molar-refractivity contribution < 1.29 is 29.7 Å². The van der Waals surface area contributed by atoms with Gasteiger partial charge in [-0.2, -0.15) is 0 Å². The van der Waals surface area contributed by atoms with Crippen molar-refractivity contribution in [1.29, 1.82) is 0 Å². The van der Waals surface area contributed by atoms with Crippen molar-refractivity contribution >= 4 is 17.9 Å². The van der Waals surface area contributed by atoms with E-state index >= 15 is 0 Å². The van der Waals surface area contributed by atoms with Crippen molar-refractivity contribution in [1.82, 2.24) is 14.7 Å². The molecule has 1 rings (SSSR count). The van der Waals surface area contributed by atoms with E-state index in [1.54, 1.807) is 9.80 Å². The van der Waals surface area contributed by atoms with E-state index in [1.807, 2.05) is 0 Å². The summed E-state index contributed by atoms with van der Waals surface area (Å²) in [5, 5.41) is 26.6. The minimum absolute atomic E-state index is 0.0795. The lowest BCUT2D eigenvalue weighted by atomic mass is 10.3. The Kier molecular flexibility index (Phi) is 8.52. The Labute approximate surface area is 135 Å². The average molecular weight is 331 g/mol. The van der Waals surface area contributed by atoms with Crippen LogP contribution < -0.4 is 0 Å². The van der Waals surface area contributed by atoms with Gasteiger partial charge in [0.05, 0.1) is 13.1 Å². The van der Waals surface area contributed by atoms with Gasteiger partial charge in [-0.25, -0.2) is 0 Å². The molecule has 0 radical (unpaired) electrons. The quantitative estimate of drug-likeness (QED) is 0.511. The van der Waals surface area contributed by atoms with Gasteiger partial charge in [-0.1, -0.05) is 0 Å². The summed E-state index contributed by atoms with van der Waals surface area (Å²) in [5.74, 6) is -2.66. The van der Waals surface area contributed by atoms with E-state index in [1.165, 1.54) is 0 Å². The first kappa shape index (κ1) is 19.3. The molecular formula is C14H25N3O6. The predicted molar refractivity (Wildman–Crippen MR) is 81.5 cm³/mol. The second-order valence-electron chi connectivity index (χ2n) is 5.68. The second kappa shape index (κ2) is 10.1. The number of hydrogen-bond acceptors (Lipinski definition) is 6. The van der Waals surface area contributed by atoms with Gasteiger partial charge in [-0.15, -0.1) is 0 Å². The summed E-state index contributed by atoms with van der Waals surface area (Å²) < 4.78 is 0. The molecular weight excluding hydrogens is 306 g/mol. The maximum absolute atomic E-state index is 10.9. The Morgan fingerprint density at radius 2 is 1.04 bits per heavy atom. The van der Waals surface area contributed by atoms with Crippen LogP contribution in [0.1, 0.15) is 12.8 Å². The van der Waals surface area contributed by atoms with Crippen molar-refractivity contribution in [2.24, 2.45) is 0 Å². The summed E-state index contributed by atoms with van der Waals surface area (Å²) in [7, 11) is 0. The Hall–Kier alpha value is -1.71. The Bertz CT molecular complexity index is 389. The summed E-state index contributed by atoms with van der Waals surface area (Å²) in [6.07, 6.45) is 0.612. The standard InChI is InChI=1S/C14H25N3O6/c18-12(19)2-1-3-15-4-6-16(10-13(20)21)8-9-17(7-5-15)11-14(22)23/h1-11H2,(H,18,19)(H,20,21)(H,22,23). The molecule has 0 spiro atoms. The zero-order valence-corrected chi connectivity index (χ0v) is 13.2.